The molecule has 0 saturated carbocycles. The van der Waals surface area contributed by atoms with Crippen molar-refractivity contribution >= 4 is 26.6 Å². The summed E-state index contributed by atoms with van der Waals surface area (Å²) in [7, 11) is -2.11. The molecular formula is C34H24B2F10N2. The second kappa shape index (κ2) is 15.5. The molecule has 0 radical (unpaired) electrons. The van der Waals surface area contributed by atoms with Crippen molar-refractivity contribution in [2.75, 3.05) is 0 Å². The minimum atomic E-state index is -2.09. The number of hydrogen-bond donors (Lipinski definition) is 0. The molecule has 2 nitrogen and oxygen atoms in total. The molecule has 0 aliphatic heterocycles. The van der Waals surface area contributed by atoms with Crippen LogP contribution in [-0.2, 0) is 0 Å². The SMILES string of the molecule is [BH3-]c1c(F)c(F)c(F)c(F)c1F.[BH3-]c1c(F)c(F)c(F)c(F)c1F.c1ccc(-[n+]2ccc(-c3cc[n+](-c4ccccc4)cc3)cc2)cc1. The van der Waals surface area contributed by atoms with Gasteiger partial charge < -0.3 is 0 Å². The monoisotopic (exact) mass is 672 g/mol. The molecule has 0 atom stereocenters. The highest BCUT2D eigenvalue weighted by Gasteiger charge is 2.21. The Labute approximate surface area is 270 Å². The van der Waals surface area contributed by atoms with Crippen LogP contribution >= 0.6 is 0 Å². The van der Waals surface area contributed by atoms with Gasteiger partial charge in [0.25, 0.3) is 0 Å². The summed E-state index contributed by atoms with van der Waals surface area (Å²) >= 11 is 0. The fraction of sp³-hybridized carbons (Fsp3) is 0. The van der Waals surface area contributed by atoms with Gasteiger partial charge in [0.15, 0.2) is 59.7 Å². The van der Waals surface area contributed by atoms with Gasteiger partial charge in [-0.1, -0.05) is 36.4 Å². The first-order valence-electron chi connectivity index (χ1n) is 12.9. The van der Waals surface area contributed by atoms with Crippen LogP contribution < -0.4 is 20.1 Å². The van der Waals surface area contributed by atoms with Crippen molar-refractivity contribution in [1.29, 1.82) is 0 Å². The summed E-state index contributed by atoms with van der Waals surface area (Å²) in [6.45, 7) is 0. The Balaban J connectivity index is 0.000000183. The van der Waals surface area contributed by atoms with Crippen molar-refractivity contribution in [2.45, 2.75) is 0 Å². The van der Waals surface area contributed by atoms with Crippen LogP contribution in [0.4, 0.5) is 43.9 Å². The first kappa shape index (κ1) is 35.5. The smallest absolute Gasteiger partial charge is 0.207 e. The van der Waals surface area contributed by atoms with Crippen LogP contribution in [0.2, 0.25) is 0 Å². The zero-order valence-corrected chi connectivity index (χ0v) is 23.1. The highest BCUT2D eigenvalue weighted by Crippen LogP contribution is 2.18. The topological polar surface area (TPSA) is 7.76 Å². The number of pyridine rings is 2. The van der Waals surface area contributed by atoms with Gasteiger partial charge >= 0.3 is 0 Å². The second-order valence-electron chi connectivity index (χ2n) is 9.05. The standard InChI is InChI=1S/C22H18N2.2C6H3BF5/c1-3-7-21(8-4-1)23-15-11-19(12-16-23)20-13-17-24(18-14-20)22-9-5-2-6-10-22;2*7-1-2(8)4(10)6(12)5(11)3(1)9/h1-18H;2*7H3/q+2;2*-1. The molecule has 0 aliphatic rings. The summed E-state index contributed by atoms with van der Waals surface area (Å²) < 4.78 is 128. The fourth-order valence-corrected chi connectivity index (χ4v) is 3.77. The van der Waals surface area contributed by atoms with E-state index < -0.39 is 84.8 Å². The van der Waals surface area contributed by atoms with E-state index in [4.69, 9.17) is 0 Å². The van der Waals surface area contributed by atoms with Gasteiger partial charge in [0, 0.05) is 48.5 Å². The molecule has 14 heteroatoms. The number of hydrogen-bond acceptors (Lipinski definition) is 0. The number of rotatable bonds is 3. The fourth-order valence-electron chi connectivity index (χ4n) is 3.77. The van der Waals surface area contributed by atoms with E-state index in [1.54, 1.807) is 0 Å². The molecule has 0 bridgehead atoms. The molecule has 2 heterocycles. The Hall–Kier alpha value is -5.39. The Morgan fingerprint density at radius 2 is 0.542 bits per heavy atom. The third kappa shape index (κ3) is 7.76. The van der Waals surface area contributed by atoms with Crippen LogP contribution in [0, 0.1) is 58.2 Å². The van der Waals surface area contributed by atoms with E-state index in [1.165, 1.54) is 22.5 Å². The quantitative estimate of drug-likeness (QED) is 0.0852. The lowest BCUT2D eigenvalue weighted by atomic mass is 9.94. The molecule has 0 N–H and O–H groups in total. The van der Waals surface area contributed by atoms with Crippen molar-refractivity contribution in [3.05, 3.63) is 168 Å². The van der Waals surface area contributed by atoms with Gasteiger partial charge in [-0.25, -0.2) is 43.9 Å². The van der Waals surface area contributed by atoms with E-state index in [2.05, 4.69) is 107 Å². The Bertz CT molecular complexity index is 1670. The maximum atomic E-state index is 12.5. The van der Waals surface area contributed by atoms with Crippen molar-refractivity contribution in [2.24, 2.45) is 0 Å². The zero-order chi connectivity index (χ0) is 35.1. The Morgan fingerprint density at radius 3 is 0.792 bits per heavy atom. The molecule has 0 saturated heterocycles. The average molecular weight is 672 g/mol. The highest BCUT2D eigenvalue weighted by atomic mass is 19.2. The van der Waals surface area contributed by atoms with Crippen LogP contribution in [0.25, 0.3) is 22.5 Å². The van der Waals surface area contributed by atoms with Crippen LogP contribution in [0.15, 0.2) is 110 Å². The molecule has 2 aromatic heterocycles. The van der Waals surface area contributed by atoms with Crippen LogP contribution in [0.1, 0.15) is 0 Å². The third-order valence-electron chi connectivity index (χ3n) is 6.08. The van der Waals surface area contributed by atoms with Gasteiger partial charge in [0.2, 0.25) is 11.4 Å². The third-order valence-corrected chi connectivity index (χ3v) is 6.08. The van der Waals surface area contributed by atoms with E-state index in [-0.39, 0.29) is 0 Å². The predicted octanol–water partition coefficient (Wildman–Crippen LogP) is 4.65. The van der Waals surface area contributed by atoms with E-state index in [1.807, 2.05) is 12.1 Å². The number of para-hydroxylation sites is 2. The minimum absolute atomic E-state index is 0.619. The molecule has 0 unspecified atom stereocenters. The van der Waals surface area contributed by atoms with Gasteiger partial charge in [0.05, 0.1) is 0 Å². The maximum Gasteiger partial charge on any atom is 0.210 e. The minimum Gasteiger partial charge on any atom is -0.207 e. The first-order valence-corrected chi connectivity index (χ1v) is 12.9. The normalized spacial score (nSPS) is 10.5. The van der Waals surface area contributed by atoms with Crippen molar-refractivity contribution in [3.8, 4) is 22.5 Å². The summed E-state index contributed by atoms with van der Waals surface area (Å²) in [5.41, 5.74) is 3.51. The van der Waals surface area contributed by atoms with E-state index in [0.29, 0.717) is 0 Å². The summed E-state index contributed by atoms with van der Waals surface area (Å²) in [4.78, 5) is 0. The van der Waals surface area contributed by atoms with E-state index in [0.717, 1.165) is 0 Å². The van der Waals surface area contributed by atoms with Crippen LogP contribution in [0.3, 0.4) is 0 Å². The number of aromatic nitrogens is 2. The molecule has 48 heavy (non-hydrogen) atoms. The van der Waals surface area contributed by atoms with Crippen molar-refractivity contribution in [1.82, 2.24) is 0 Å². The molecule has 6 aromatic rings. The molecule has 4 aromatic carbocycles. The lowest BCUT2D eigenvalue weighted by Crippen LogP contribution is -2.29. The van der Waals surface area contributed by atoms with Crippen LogP contribution in [-0.4, -0.2) is 15.7 Å². The maximum absolute atomic E-state index is 12.5. The second-order valence-corrected chi connectivity index (χ2v) is 9.05. The number of halogens is 10. The number of benzene rings is 4. The van der Waals surface area contributed by atoms with E-state index in [9.17, 15) is 43.9 Å². The first-order chi connectivity index (χ1) is 22.8. The molecule has 0 aliphatic carbocycles. The molecule has 0 fully saturated rings. The molecule has 6 rings (SSSR count). The van der Waals surface area contributed by atoms with Gasteiger partial charge in [-0.05, 0) is 26.8 Å². The Morgan fingerprint density at radius 1 is 0.312 bits per heavy atom. The van der Waals surface area contributed by atoms with Gasteiger partial charge in [0.1, 0.15) is 23.3 Å². The lowest BCUT2D eigenvalue weighted by molar-refractivity contribution is -0.596. The van der Waals surface area contributed by atoms with Gasteiger partial charge in [-0.2, -0.15) is 9.13 Å². The van der Waals surface area contributed by atoms with Crippen LogP contribution in [0.5, 0.6) is 0 Å². The van der Waals surface area contributed by atoms with E-state index >= 15 is 0 Å². The molecular weight excluding hydrogens is 648 g/mol. The highest BCUT2D eigenvalue weighted by molar-refractivity contribution is 6.33. The van der Waals surface area contributed by atoms with Gasteiger partial charge in [-0.15, -0.1) is 10.9 Å². The summed E-state index contributed by atoms with van der Waals surface area (Å²) in [5.74, 6) is -18.3. The van der Waals surface area contributed by atoms with Gasteiger partial charge in [-0.3, -0.25) is 0 Å². The lowest BCUT2D eigenvalue weighted by Gasteiger charge is -2.06. The average Bonchev–Trinajstić information content (AvgIpc) is 3.14. The molecule has 0 amide bonds. The number of nitrogens with zero attached hydrogens (tertiary/aromatic N) is 2. The summed E-state index contributed by atoms with van der Waals surface area (Å²) in [6.07, 6.45) is 8.40. The molecule has 246 valence electrons. The van der Waals surface area contributed by atoms with Crippen molar-refractivity contribution in [3.63, 3.8) is 0 Å². The van der Waals surface area contributed by atoms with Crippen molar-refractivity contribution < 1.29 is 53.0 Å². The summed E-state index contributed by atoms with van der Waals surface area (Å²) in [6, 6.07) is 29.3. The predicted molar refractivity (Wildman–Crippen MR) is 167 cm³/mol. The Kier molecular flexibility index (Phi) is 11.4. The summed E-state index contributed by atoms with van der Waals surface area (Å²) in [5, 5.41) is 0. The molecule has 0 spiro atoms. The largest absolute Gasteiger partial charge is 0.210 e. The zero-order valence-electron chi connectivity index (χ0n) is 23.1.